The minimum Gasteiger partial charge on any atom is -0.345 e. The first kappa shape index (κ1) is 13.6. The summed E-state index contributed by atoms with van der Waals surface area (Å²) in [5.41, 5.74) is 4.69. The highest BCUT2D eigenvalue weighted by atomic mass is 15.1. The summed E-state index contributed by atoms with van der Waals surface area (Å²) < 4.78 is 0. The lowest BCUT2D eigenvalue weighted by molar-refractivity contribution is 0.710. The summed E-state index contributed by atoms with van der Waals surface area (Å²) in [6.45, 7) is 5.98. The summed E-state index contributed by atoms with van der Waals surface area (Å²) in [4.78, 5) is 6.57. The Morgan fingerprint density at radius 1 is 1.16 bits per heavy atom. The molecule has 0 fully saturated rings. The van der Waals surface area contributed by atoms with Crippen molar-refractivity contribution in [3.63, 3.8) is 0 Å². The number of nitrogens with zero attached hydrogens (tertiary/aromatic N) is 2. The van der Waals surface area contributed by atoms with Crippen molar-refractivity contribution in [1.82, 2.24) is 10.3 Å². The second-order valence-corrected chi connectivity index (χ2v) is 4.68. The molecule has 100 valence electrons. The first-order valence-corrected chi connectivity index (χ1v) is 6.66. The standard InChI is InChI=1S/C16H21N3/c1-4-17-12-14-11-16(8-9-18-14)19(3)15-7-5-6-13(2)10-15/h5-11,17H,4,12H2,1-3H3. The van der Waals surface area contributed by atoms with Crippen LogP contribution in [0.4, 0.5) is 11.4 Å². The SMILES string of the molecule is CCNCc1cc(N(C)c2cccc(C)c2)ccn1. The van der Waals surface area contributed by atoms with Crippen LogP contribution < -0.4 is 10.2 Å². The Bertz CT molecular complexity index is 537. The molecule has 2 rings (SSSR count). The average molecular weight is 255 g/mol. The Kier molecular flexibility index (Phi) is 4.53. The van der Waals surface area contributed by atoms with E-state index in [-0.39, 0.29) is 0 Å². The van der Waals surface area contributed by atoms with E-state index in [0.717, 1.165) is 24.5 Å². The molecule has 0 bridgehead atoms. The quantitative estimate of drug-likeness (QED) is 0.888. The molecule has 1 aromatic carbocycles. The summed E-state index contributed by atoms with van der Waals surface area (Å²) >= 11 is 0. The summed E-state index contributed by atoms with van der Waals surface area (Å²) in [5.74, 6) is 0. The van der Waals surface area contributed by atoms with Crippen molar-refractivity contribution in [2.75, 3.05) is 18.5 Å². The zero-order valence-corrected chi connectivity index (χ0v) is 11.9. The molecule has 0 radical (unpaired) electrons. The average Bonchev–Trinajstić information content (AvgIpc) is 2.44. The third kappa shape index (κ3) is 3.55. The van der Waals surface area contributed by atoms with Crippen LogP contribution in [0.15, 0.2) is 42.6 Å². The molecular weight excluding hydrogens is 234 g/mol. The molecule has 0 saturated carbocycles. The van der Waals surface area contributed by atoms with Crippen molar-refractivity contribution < 1.29 is 0 Å². The highest BCUT2D eigenvalue weighted by Gasteiger charge is 2.05. The van der Waals surface area contributed by atoms with Gasteiger partial charge in [0.1, 0.15) is 0 Å². The van der Waals surface area contributed by atoms with Crippen LogP contribution in [0.25, 0.3) is 0 Å². The van der Waals surface area contributed by atoms with Crippen molar-refractivity contribution in [3.8, 4) is 0 Å². The number of nitrogens with one attached hydrogen (secondary N) is 1. The molecule has 3 heteroatoms. The second kappa shape index (κ2) is 6.34. The third-order valence-electron chi connectivity index (χ3n) is 3.13. The van der Waals surface area contributed by atoms with E-state index in [2.05, 4.69) is 66.4 Å². The fourth-order valence-electron chi connectivity index (χ4n) is 2.01. The zero-order chi connectivity index (χ0) is 13.7. The van der Waals surface area contributed by atoms with Crippen LogP contribution in [-0.2, 0) is 6.54 Å². The lowest BCUT2D eigenvalue weighted by Crippen LogP contribution is -2.14. The fraction of sp³-hybridized carbons (Fsp3) is 0.312. The number of rotatable bonds is 5. The maximum atomic E-state index is 4.38. The van der Waals surface area contributed by atoms with Crippen molar-refractivity contribution in [1.29, 1.82) is 0 Å². The number of benzene rings is 1. The molecule has 0 aliphatic heterocycles. The monoisotopic (exact) mass is 255 g/mol. The molecule has 0 spiro atoms. The molecule has 0 aliphatic carbocycles. The molecule has 0 amide bonds. The highest BCUT2D eigenvalue weighted by molar-refractivity contribution is 5.62. The van der Waals surface area contributed by atoms with Gasteiger partial charge in [-0.15, -0.1) is 0 Å². The van der Waals surface area contributed by atoms with Gasteiger partial charge < -0.3 is 10.2 Å². The number of anilines is 2. The van der Waals surface area contributed by atoms with Gasteiger partial charge in [0.25, 0.3) is 0 Å². The van der Waals surface area contributed by atoms with Gasteiger partial charge in [0.15, 0.2) is 0 Å². The van der Waals surface area contributed by atoms with Gasteiger partial charge in [-0.25, -0.2) is 0 Å². The maximum Gasteiger partial charge on any atom is 0.0562 e. The van der Waals surface area contributed by atoms with Gasteiger partial charge in [0.05, 0.1) is 5.69 Å². The smallest absolute Gasteiger partial charge is 0.0562 e. The van der Waals surface area contributed by atoms with E-state index in [4.69, 9.17) is 0 Å². The van der Waals surface area contributed by atoms with Gasteiger partial charge in [0, 0.05) is 31.2 Å². The van der Waals surface area contributed by atoms with Crippen molar-refractivity contribution in [2.45, 2.75) is 20.4 Å². The Hall–Kier alpha value is -1.87. The van der Waals surface area contributed by atoms with E-state index in [1.54, 1.807) is 0 Å². The van der Waals surface area contributed by atoms with Crippen LogP contribution in [0.5, 0.6) is 0 Å². The van der Waals surface area contributed by atoms with Gasteiger partial charge in [-0.3, -0.25) is 4.98 Å². The largest absolute Gasteiger partial charge is 0.345 e. The normalized spacial score (nSPS) is 10.5. The summed E-state index contributed by atoms with van der Waals surface area (Å²) in [7, 11) is 2.08. The lowest BCUT2D eigenvalue weighted by Gasteiger charge is -2.20. The topological polar surface area (TPSA) is 28.2 Å². The Labute approximate surface area is 115 Å². The number of hydrogen-bond donors (Lipinski definition) is 1. The Morgan fingerprint density at radius 2 is 1.95 bits per heavy atom. The summed E-state index contributed by atoms with van der Waals surface area (Å²) in [5, 5.41) is 3.30. The van der Waals surface area contributed by atoms with Crippen molar-refractivity contribution in [2.24, 2.45) is 0 Å². The molecule has 19 heavy (non-hydrogen) atoms. The molecule has 1 N–H and O–H groups in total. The molecule has 3 nitrogen and oxygen atoms in total. The number of aromatic nitrogens is 1. The molecule has 0 atom stereocenters. The maximum absolute atomic E-state index is 4.38. The van der Waals surface area contributed by atoms with Gasteiger partial charge in [-0.05, 0) is 43.3 Å². The van der Waals surface area contributed by atoms with Crippen LogP contribution in [0, 0.1) is 6.92 Å². The molecule has 1 heterocycles. The second-order valence-electron chi connectivity index (χ2n) is 4.68. The molecule has 0 aliphatic rings. The molecule has 0 unspecified atom stereocenters. The van der Waals surface area contributed by atoms with Gasteiger partial charge >= 0.3 is 0 Å². The Balaban J connectivity index is 2.21. The first-order chi connectivity index (χ1) is 9.20. The molecule has 1 aromatic heterocycles. The fourth-order valence-corrected chi connectivity index (χ4v) is 2.01. The molecule has 0 saturated heterocycles. The molecule has 2 aromatic rings. The summed E-state index contributed by atoms with van der Waals surface area (Å²) in [6.07, 6.45) is 1.87. The third-order valence-corrected chi connectivity index (χ3v) is 3.13. The molecular formula is C16H21N3. The van der Waals surface area contributed by atoms with E-state index in [0.29, 0.717) is 0 Å². The van der Waals surface area contributed by atoms with E-state index < -0.39 is 0 Å². The van der Waals surface area contributed by atoms with E-state index in [9.17, 15) is 0 Å². The highest BCUT2D eigenvalue weighted by Crippen LogP contribution is 2.24. The predicted molar refractivity (Wildman–Crippen MR) is 80.9 cm³/mol. The van der Waals surface area contributed by atoms with Crippen LogP contribution in [-0.4, -0.2) is 18.6 Å². The predicted octanol–water partition coefficient (Wildman–Crippen LogP) is 3.27. The van der Waals surface area contributed by atoms with E-state index in [1.807, 2.05) is 12.3 Å². The van der Waals surface area contributed by atoms with Crippen LogP contribution in [0.2, 0.25) is 0 Å². The van der Waals surface area contributed by atoms with Crippen LogP contribution in [0.3, 0.4) is 0 Å². The number of aryl methyl sites for hydroxylation is 1. The van der Waals surface area contributed by atoms with E-state index >= 15 is 0 Å². The van der Waals surface area contributed by atoms with E-state index in [1.165, 1.54) is 11.3 Å². The zero-order valence-electron chi connectivity index (χ0n) is 11.9. The van der Waals surface area contributed by atoms with Gasteiger partial charge in [-0.2, -0.15) is 0 Å². The van der Waals surface area contributed by atoms with Crippen LogP contribution in [0.1, 0.15) is 18.2 Å². The Morgan fingerprint density at radius 3 is 2.68 bits per heavy atom. The van der Waals surface area contributed by atoms with Gasteiger partial charge in [0.2, 0.25) is 0 Å². The van der Waals surface area contributed by atoms with Crippen molar-refractivity contribution in [3.05, 3.63) is 53.9 Å². The minimum atomic E-state index is 0.812. The first-order valence-electron chi connectivity index (χ1n) is 6.66. The van der Waals surface area contributed by atoms with Crippen molar-refractivity contribution >= 4 is 11.4 Å². The lowest BCUT2D eigenvalue weighted by atomic mass is 10.2. The number of pyridine rings is 1. The minimum absolute atomic E-state index is 0.812. The van der Waals surface area contributed by atoms with Gasteiger partial charge in [-0.1, -0.05) is 19.1 Å². The summed E-state index contributed by atoms with van der Waals surface area (Å²) in [6, 6.07) is 12.7. The number of hydrogen-bond acceptors (Lipinski definition) is 3. The van der Waals surface area contributed by atoms with Crippen LogP contribution >= 0.6 is 0 Å².